The molecule has 0 amide bonds. The van der Waals surface area contributed by atoms with Gasteiger partial charge in [-0.2, -0.15) is 4.31 Å². The van der Waals surface area contributed by atoms with Crippen LogP contribution < -0.4 is 5.32 Å². The van der Waals surface area contributed by atoms with Crippen LogP contribution in [0, 0.1) is 19.7 Å². The van der Waals surface area contributed by atoms with Crippen molar-refractivity contribution < 1.29 is 17.2 Å². The summed E-state index contributed by atoms with van der Waals surface area (Å²) in [6.07, 6.45) is 0. The lowest BCUT2D eigenvalue weighted by atomic mass is 10.1. The molecule has 1 aromatic heterocycles. The van der Waals surface area contributed by atoms with E-state index in [-0.39, 0.29) is 23.1 Å². The highest BCUT2D eigenvalue weighted by Crippen LogP contribution is 2.31. The maximum Gasteiger partial charge on any atom is 0.247 e. The van der Waals surface area contributed by atoms with E-state index >= 15 is 0 Å². The fraction of sp³-hybridized carbons (Fsp3) is 0.375. The Hall–Kier alpha value is -1.41. The number of halogens is 2. The molecule has 0 radical (unpaired) electrons. The average Bonchev–Trinajstić information content (AvgIpc) is 2.87. The van der Waals surface area contributed by atoms with Crippen molar-refractivity contribution in [2.24, 2.45) is 0 Å². The molecule has 5 nitrogen and oxygen atoms in total. The van der Waals surface area contributed by atoms with Gasteiger partial charge in [0.15, 0.2) is 0 Å². The van der Waals surface area contributed by atoms with Gasteiger partial charge in [0.25, 0.3) is 0 Å². The van der Waals surface area contributed by atoms with Crippen molar-refractivity contribution in [3.63, 3.8) is 0 Å². The number of nitrogens with one attached hydrogen (secondary N) is 1. The Balaban J connectivity index is 0.00000208. The molecular formula is C16H20ClFN2O3S. The molecule has 1 aromatic carbocycles. The van der Waals surface area contributed by atoms with E-state index in [1.807, 2.05) is 0 Å². The molecule has 0 spiro atoms. The first kappa shape index (κ1) is 18.9. The van der Waals surface area contributed by atoms with Gasteiger partial charge in [0.05, 0.1) is 6.04 Å². The summed E-state index contributed by atoms with van der Waals surface area (Å²) >= 11 is 0. The van der Waals surface area contributed by atoms with Gasteiger partial charge in [-0.25, -0.2) is 12.8 Å². The van der Waals surface area contributed by atoms with Crippen LogP contribution in [0.2, 0.25) is 0 Å². The van der Waals surface area contributed by atoms with Gasteiger partial charge in [-0.05, 0) is 37.6 Å². The highest BCUT2D eigenvalue weighted by atomic mass is 35.5. The molecule has 0 bridgehead atoms. The van der Waals surface area contributed by atoms with Crippen molar-refractivity contribution in [2.45, 2.75) is 24.8 Å². The molecule has 1 saturated heterocycles. The van der Waals surface area contributed by atoms with Crippen molar-refractivity contribution in [1.82, 2.24) is 9.62 Å². The number of benzene rings is 1. The number of hydrogen-bond donors (Lipinski definition) is 1. The van der Waals surface area contributed by atoms with Gasteiger partial charge in [-0.1, -0.05) is 12.1 Å². The van der Waals surface area contributed by atoms with Crippen molar-refractivity contribution in [3.8, 4) is 0 Å². The fourth-order valence-electron chi connectivity index (χ4n) is 2.96. The van der Waals surface area contributed by atoms with Gasteiger partial charge in [0, 0.05) is 19.6 Å². The summed E-state index contributed by atoms with van der Waals surface area (Å²) in [7, 11) is -3.70. The Labute approximate surface area is 147 Å². The maximum absolute atomic E-state index is 13.5. The molecule has 2 aromatic rings. The number of aryl methyl sites for hydroxylation is 2. The van der Waals surface area contributed by atoms with E-state index in [9.17, 15) is 12.8 Å². The van der Waals surface area contributed by atoms with Crippen LogP contribution in [0.4, 0.5) is 4.39 Å². The van der Waals surface area contributed by atoms with Crippen molar-refractivity contribution in [1.29, 1.82) is 0 Å². The summed E-state index contributed by atoms with van der Waals surface area (Å²) in [5, 5.41) is 3.17. The number of rotatable bonds is 3. The molecular weight excluding hydrogens is 355 g/mol. The standard InChI is InChI=1S/C16H19FN2O3S.ClH/c1-11-8-16(12(2)22-11)23(20,21)19-7-6-18-10-15(19)13-4-3-5-14(17)9-13;/h3-5,8-9,15,18H,6-7,10H2,1-2H3;1H. The largest absolute Gasteiger partial charge is 0.465 e. The molecule has 1 unspecified atom stereocenters. The van der Waals surface area contributed by atoms with E-state index in [1.54, 1.807) is 26.0 Å². The third kappa shape index (κ3) is 3.49. The molecule has 3 rings (SSSR count). The molecule has 1 N–H and O–H groups in total. The zero-order chi connectivity index (χ0) is 16.6. The molecule has 0 saturated carbocycles. The topological polar surface area (TPSA) is 62.6 Å². The lowest BCUT2D eigenvalue weighted by Gasteiger charge is -2.35. The normalized spacial score (nSPS) is 19.0. The molecule has 1 fully saturated rings. The molecule has 24 heavy (non-hydrogen) atoms. The summed E-state index contributed by atoms with van der Waals surface area (Å²) in [4.78, 5) is 0.179. The molecule has 132 valence electrons. The third-order valence-corrected chi connectivity index (χ3v) is 6.03. The summed E-state index contributed by atoms with van der Waals surface area (Å²) in [5.74, 6) is 0.554. The van der Waals surface area contributed by atoms with E-state index in [2.05, 4.69) is 5.32 Å². The van der Waals surface area contributed by atoms with Crippen LogP contribution in [0.3, 0.4) is 0 Å². The summed E-state index contributed by atoms with van der Waals surface area (Å²) < 4.78 is 46.4. The molecule has 8 heteroatoms. The van der Waals surface area contributed by atoms with Crippen LogP contribution in [-0.4, -0.2) is 32.4 Å². The first-order chi connectivity index (χ1) is 10.9. The lowest BCUT2D eigenvalue weighted by Crippen LogP contribution is -2.48. The van der Waals surface area contributed by atoms with Gasteiger partial charge in [0.1, 0.15) is 22.2 Å². The van der Waals surface area contributed by atoms with Gasteiger partial charge in [-0.15, -0.1) is 12.4 Å². The first-order valence-electron chi connectivity index (χ1n) is 7.44. The minimum Gasteiger partial charge on any atom is -0.465 e. The Morgan fingerprint density at radius 3 is 2.67 bits per heavy atom. The number of sulfonamides is 1. The van der Waals surface area contributed by atoms with Crippen LogP contribution >= 0.6 is 12.4 Å². The number of hydrogen-bond acceptors (Lipinski definition) is 4. The van der Waals surface area contributed by atoms with Crippen molar-refractivity contribution in [3.05, 3.63) is 53.2 Å². The smallest absolute Gasteiger partial charge is 0.247 e. The fourth-order valence-corrected chi connectivity index (χ4v) is 4.80. The van der Waals surface area contributed by atoms with E-state index in [0.717, 1.165) is 0 Å². The minimum atomic E-state index is -3.70. The summed E-state index contributed by atoms with van der Waals surface area (Å²) in [6, 6.07) is 7.17. The van der Waals surface area contributed by atoms with Gasteiger partial charge in [-0.3, -0.25) is 0 Å². The van der Waals surface area contributed by atoms with E-state index in [1.165, 1.54) is 22.5 Å². The van der Waals surface area contributed by atoms with Crippen molar-refractivity contribution >= 4 is 22.4 Å². The molecule has 0 aliphatic carbocycles. The summed E-state index contributed by atoms with van der Waals surface area (Å²) in [6.45, 7) is 4.68. The van der Waals surface area contributed by atoms with Gasteiger partial charge >= 0.3 is 0 Å². The maximum atomic E-state index is 13.5. The Morgan fingerprint density at radius 1 is 1.29 bits per heavy atom. The van der Waals surface area contributed by atoms with Gasteiger partial charge < -0.3 is 9.73 Å². The summed E-state index contributed by atoms with van der Waals surface area (Å²) in [5.41, 5.74) is 0.638. The predicted octanol–water partition coefficient (Wildman–Crippen LogP) is 2.79. The first-order valence-corrected chi connectivity index (χ1v) is 8.88. The number of nitrogens with zero attached hydrogens (tertiary/aromatic N) is 1. The molecule has 1 aliphatic rings. The van der Waals surface area contributed by atoms with Crippen LogP contribution in [0.5, 0.6) is 0 Å². The Morgan fingerprint density at radius 2 is 2.04 bits per heavy atom. The van der Waals surface area contributed by atoms with E-state index in [0.29, 0.717) is 36.7 Å². The zero-order valence-electron chi connectivity index (χ0n) is 13.5. The van der Waals surface area contributed by atoms with Crippen LogP contribution in [0.25, 0.3) is 0 Å². The lowest BCUT2D eigenvalue weighted by molar-refractivity contribution is 0.270. The minimum absolute atomic E-state index is 0. The van der Waals surface area contributed by atoms with E-state index < -0.39 is 16.1 Å². The SMILES string of the molecule is Cc1cc(S(=O)(=O)N2CCNCC2c2cccc(F)c2)c(C)o1.Cl. The van der Waals surface area contributed by atoms with Crippen molar-refractivity contribution in [2.75, 3.05) is 19.6 Å². The van der Waals surface area contributed by atoms with Gasteiger partial charge in [0.2, 0.25) is 10.0 Å². The molecule has 1 aliphatic heterocycles. The van der Waals surface area contributed by atoms with Crippen LogP contribution in [0.1, 0.15) is 23.1 Å². The zero-order valence-corrected chi connectivity index (χ0v) is 15.1. The van der Waals surface area contributed by atoms with Crippen LogP contribution in [0.15, 0.2) is 39.6 Å². The second kappa shape index (κ2) is 7.23. The average molecular weight is 375 g/mol. The molecule has 2 heterocycles. The Bertz CT molecular complexity index is 822. The predicted molar refractivity (Wildman–Crippen MR) is 91.3 cm³/mol. The highest BCUT2D eigenvalue weighted by molar-refractivity contribution is 7.89. The highest BCUT2D eigenvalue weighted by Gasteiger charge is 2.36. The van der Waals surface area contributed by atoms with E-state index in [4.69, 9.17) is 4.42 Å². The molecule has 1 atom stereocenters. The number of piperazine rings is 1. The monoisotopic (exact) mass is 374 g/mol. The second-order valence-corrected chi connectivity index (χ2v) is 7.53. The number of furan rings is 1. The quantitative estimate of drug-likeness (QED) is 0.897. The third-order valence-electron chi connectivity index (χ3n) is 4.01. The second-order valence-electron chi connectivity index (χ2n) is 5.67. The van der Waals surface area contributed by atoms with Crippen LogP contribution in [-0.2, 0) is 10.0 Å². The Kier molecular flexibility index (Phi) is 5.70.